The van der Waals surface area contributed by atoms with E-state index < -0.39 is 0 Å². The second-order valence-corrected chi connectivity index (χ2v) is 5.77. The first-order valence-corrected chi connectivity index (χ1v) is 7.65. The highest BCUT2D eigenvalue weighted by Crippen LogP contribution is 2.33. The molecule has 2 atom stereocenters. The van der Waals surface area contributed by atoms with Crippen LogP contribution in [0.4, 0.5) is 0 Å². The fraction of sp³-hybridized carbons (Fsp3) is 0.588. The Hall–Kier alpha value is -1.19. The molecule has 0 bridgehead atoms. The third kappa shape index (κ3) is 3.10. The molecule has 0 spiro atoms. The van der Waals surface area contributed by atoms with Crippen molar-refractivity contribution >= 4 is 5.78 Å². The Morgan fingerprint density at radius 1 is 0.950 bits per heavy atom. The highest BCUT2D eigenvalue weighted by Gasteiger charge is 2.31. The second kappa shape index (κ2) is 6.51. The van der Waals surface area contributed by atoms with E-state index in [9.17, 15) is 4.79 Å². The van der Waals surface area contributed by atoms with Gasteiger partial charge in [0.25, 0.3) is 0 Å². The molecule has 2 aliphatic rings. The minimum absolute atomic E-state index is 0.0731. The minimum Gasteiger partial charge on any atom is -0.350 e. The third-order valence-electron chi connectivity index (χ3n) is 4.45. The summed E-state index contributed by atoms with van der Waals surface area (Å²) < 4.78 is 11.2. The van der Waals surface area contributed by atoms with Gasteiger partial charge >= 0.3 is 0 Å². The molecule has 0 aromatic heterocycles. The van der Waals surface area contributed by atoms with Crippen LogP contribution >= 0.6 is 0 Å². The molecule has 1 heterocycles. The van der Waals surface area contributed by atoms with Crippen LogP contribution in [-0.4, -0.2) is 25.3 Å². The van der Waals surface area contributed by atoms with E-state index in [1.165, 1.54) is 5.56 Å². The molecular weight excluding hydrogens is 252 g/mol. The Bertz CT molecular complexity index is 437. The van der Waals surface area contributed by atoms with Gasteiger partial charge in [0, 0.05) is 18.3 Å². The minimum atomic E-state index is -0.0731. The maximum absolute atomic E-state index is 12.4. The SMILES string of the molecule is O=C1CCC(C2OCCO2)CCCC1c1ccccc1. The summed E-state index contributed by atoms with van der Waals surface area (Å²) in [5.41, 5.74) is 1.17. The van der Waals surface area contributed by atoms with Gasteiger partial charge < -0.3 is 9.47 Å². The van der Waals surface area contributed by atoms with Gasteiger partial charge in [-0.3, -0.25) is 4.79 Å². The summed E-state index contributed by atoms with van der Waals surface area (Å²) in [7, 11) is 0. The van der Waals surface area contributed by atoms with Gasteiger partial charge in [0.15, 0.2) is 6.29 Å². The molecule has 3 nitrogen and oxygen atoms in total. The van der Waals surface area contributed by atoms with Crippen molar-refractivity contribution in [1.29, 1.82) is 0 Å². The quantitative estimate of drug-likeness (QED) is 0.830. The lowest BCUT2D eigenvalue weighted by molar-refractivity contribution is -0.123. The largest absolute Gasteiger partial charge is 0.350 e. The molecule has 0 N–H and O–H groups in total. The van der Waals surface area contributed by atoms with Gasteiger partial charge in [-0.2, -0.15) is 0 Å². The van der Waals surface area contributed by atoms with Gasteiger partial charge in [-0.15, -0.1) is 0 Å². The lowest BCUT2D eigenvalue weighted by atomic mass is 9.81. The molecular formula is C17H22O3. The number of carbonyl (C=O) groups excluding carboxylic acids is 1. The third-order valence-corrected chi connectivity index (χ3v) is 4.45. The molecule has 20 heavy (non-hydrogen) atoms. The number of benzene rings is 1. The smallest absolute Gasteiger partial charge is 0.160 e. The van der Waals surface area contributed by atoms with Crippen LogP contribution in [0.5, 0.6) is 0 Å². The number of carbonyl (C=O) groups is 1. The molecule has 1 aliphatic carbocycles. The normalized spacial score (nSPS) is 29.1. The van der Waals surface area contributed by atoms with Crippen LogP contribution in [0.3, 0.4) is 0 Å². The summed E-state index contributed by atoms with van der Waals surface area (Å²) in [6.45, 7) is 1.39. The maximum atomic E-state index is 12.4. The van der Waals surface area contributed by atoms with Crippen molar-refractivity contribution in [2.45, 2.75) is 44.3 Å². The Kier molecular flexibility index (Phi) is 4.48. The summed E-state index contributed by atoms with van der Waals surface area (Å²) >= 11 is 0. The predicted molar refractivity (Wildman–Crippen MR) is 76.5 cm³/mol. The van der Waals surface area contributed by atoms with Gasteiger partial charge in [-0.05, 0) is 24.8 Å². The van der Waals surface area contributed by atoms with Crippen LogP contribution in [0, 0.1) is 5.92 Å². The second-order valence-electron chi connectivity index (χ2n) is 5.77. The zero-order chi connectivity index (χ0) is 13.8. The van der Waals surface area contributed by atoms with E-state index in [0.29, 0.717) is 31.3 Å². The van der Waals surface area contributed by atoms with E-state index in [1.807, 2.05) is 18.2 Å². The summed E-state index contributed by atoms with van der Waals surface area (Å²) in [6.07, 6.45) is 4.59. The fourth-order valence-electron chi connectivity index (χ4n) is 3.35. The average molecular weight is 274 g/mol. The Balaban J connectivity index is 1.64. The van der Waals surface area contributed by atoms with E-state index in [-0.39, 0.29) is 12.2 Å². The molecule has 108 valence electrons. The molecule has 0 amide bonds. The van der Waals surface area contributed by atoms with Crippen LogP contribution < -0.4 is 0 Å². The van der Waals surface area contributed by atoms with Crippen molar-refractivity contribution in [3.63, 3.8) is 0 Å². The monoisotopic (exact) mass is 274 g/mol. The number of ether oxygens (including phenoxy) is 2. The highest BCUT2D eigenvalue weighted by molar-refractivity contribution is 5.85. The van der Waals surface area contributed by atoms with Crippen molar-refractivity contribution in [2.75, 3.05) is 13.2 Å². The average Bonchev–Trinajstić information content (AvgIpc) is 2.99. The number of Topliss-reactive ketones (excluding diaryl/α,β-unsaturated/α-hetero) is 1. The maximum Gasteiger partial charge on any atom is 0.160 e. The van der Waals surface area contributed by atoms with Gasteiger partial charge in [0.2, 0.25) is 0 Å². The van der Waals surface area contributed by atoms with Crippen molar-refractivity contribution in [2.24, 2.45) is 5.92 Å². The molecule has 3 rings (SSSR count). The van der Waals surface area contributed by atoms with Crippen molar-refractivity contribution < 1.29 is 14.3 Å². The van der Waals surface area contributed by atoms with Crippen LogP contribution in [0.25, 0.3) is 0 Å². The van der Waals surface area contributed by atoms with Gasteiger partial charge in [0.1, 0.15) is 5.78 Å². The zero-order valence-electron chi connectivity index (χ0n) is 11.8. The van der Waals surface area contributed by atoms with Crippen molar-refractivity contribution in [3.8, 4) is 0 Å². The van der Waals surface area contributed by atoms with Gasteiger partial charge in [-0.25, -0.2) is 0 Å². The van der Waals surface area contributed by atoms with Crippen LogP contribution in [0.2, 0.25) is 0 Å². The highest BCUT2D eigenvalue weighted by atomic mass is 16.7. The number of rotatable bonds is 2. The number of hydrogen-bond acceptors (Lipinski definition) is 3. The molecule has 1 saturated heterocycles. The van der Waals surface area contributed by atoms with E-state index in [2.05, 4.69) is 12.1 Å². The summed E-state index contributed by atoms with van der Waals surface area (Å²) in [5.74, 6) is 0.847. The molecule has 2 fully saturated rings. The molecule has 1 aromatic rings. The van der Waals surface area contributed by atoms with Crippen LogP contribution in [0.1, 0.15) is 43.6 Å². The van der Waals surface area contributed by atoms with E-state index >= 15 is 0 Å². The molecule has 1 aliphatic heterocycles. The van der Waals surface area contributed by atoms with E-state index in [4.69, 9.17) is 9.47 Å². The fourth-order valence-corrected chi connectivity index (χ4v) is 3.35. The Morgan fingerprint density at radius 2 is 1.70 bits per heavy atom. The molecule has 0 radical (unpaired) electrons. The first kappa shape index (κ1) is 13.8. The first-order chi connectivity index (χ1) is 9.84. The van der Waals surface area contributed by atoms with Crippen LogP contribution in [0.15, 0.2) is 30.3 Å². The Morgan fingerprint density at radius 3 is 2.45 bits per heavy atom. The van der Waals surface area contributed by atoms with E-state index in [1.54, 1.807) is 0 Å². The number of hydrogen-bond donors (Lipinski definition) is 0. The molecule has 3 heteroatoms. The summed E-state index contributed by atoms with van der Waals surface area (Å²) in [4.78, 5) is 12.4. The van der Waals surface area contributed by atoms with Crippen molar-refractivity contribution in [1.82, 2.24) is 0 Å². The summed E-state index contributed by atoms with van der Waals surface area (Å²) in [5, 5.41) is 0. The summed E-state index contributed by atoms with van der Waals surface area (Å²) in [6, 6.07) is 10.2. The van der Waals surface area contributed by atoms with Gasteiger partial charge in [0.05, 0.1) is 13.2 Å². The zero-order valence-corrected chi connectivity index (χ0v) is 11.8. The molecule has 2 unspecified atom stereocenters. The number of ketones is 1. The van der Waals surface area contributed by atoms with Crippen LogP contribution in [-0.2, 0) is 14.3 Å². The molecule has 1 aromatic carbocycles. The Labute approximate surface area is 120 Å². The topological polar surface area (TPSA) is 35.5 Å². The lowest BCUT2D eigenvalue weighted by Gasteiger charge is -2.26. The molecule has 1 saturated carbocycles. The standard InChI is InChI=1S/C17H22O3/c18-16-10-9-14(17-19-11-12-20-17)7-4-8-15(16)13-5-2-1-3-6-13/h1-3,5-6,14-15,17H,4,7-12H2. The van der Waals surface area contributed by atoms with Crippen molar-refractivity contribution in [3.05, 3.63) is 35.9 Å². The lowest BCUT2D eigenvalue weighted by Crippen LogP contribution is -2.26. The van der Waals surface area contributed by atoms with E-state index in [0.717, 1.165) is 25.7 Å². The van der Waals surface area contributed by atoms with Gasteiger partial charge in [-0.1, -0.05) is 36.8 Å². The predicted octanol–water partition coefficient (Wildman–Crippen LogP) is 3.29. The first-order valence-electron chi connectivity index (χ1n) is 7.65.